The maximum atomic E-state index is 12.8. The van der Waals surface area contributed by atoms with Gasteiger partial charge in [0.15, 0.2) is 0 Å². The summed E-state index contributed by atoms with van der Waals surface area (Å²) < 4.78 is 0. The van der Waals surface area contributed by atoms with Crippen molar-refractivity contribution in [2.45, 2.75) is 25.9 Å². The van der Waals surface area contributed by atoms with Gasteiger partial charge in [0.05, 0.1) is 6.61 Å². The maximum absolute atomic E-state index is 12.8. The van der Waals surface area contributed by atoms with E-state index in [4.69, 9.17) is 16.7 Å². The lowest BCUT2D eigenvalue weighted by Gasteiger charge is -2.31. The molecule has 0 aliphatic heterocycles. The number of aliphatic hydroxyl groups is 1. The van der Waals surface area contributed by atoms with Crippen LogP contribution in [-0.2, 0) is 16.1 Å². The van der Waals surface area contributed by atoms with Crippen LogP contribution >= 0.6 is 11.6 Å². The Labute approximate surface area is 158 Å². The highest BCUT2D eigenvalue weighted by Crippen LogP contribution is 2.25. The quantitative estimate of drug-likeness (QED) is 0.746. The second-order valence-corrected chi connectivity index (χ2v) is 6.27. The first-order valence-electron chi connectivity index (χ1n) is 8.54. The number of carbonyl (C=O) groups excluding carboxylic acids is 2. The number of nitrogens with one attached hydrogen (secondary N) is 1. The fraction of sp³-hybridized carbons (Fsp3) is 0.300. The van der Waals surface area contributed by atoms with Crippen LogP contribution in [0.4, 0.5) is 0 Å². The van der Waals surface area contributed by atoms with E-state index in [2.05, 4.69) is 5.32 Å². The van der Waals surface area contributed by atoms with Gasteiger partial charge in [0.25, 0.3) is 0 Å². The summed E-state index contributed by atoms with van der Waals surface area (Å²) >= 11 is 5.94. The fourth-order valence-corrected chi connectivity index (χ4v) is 2.82. The van der Waals surface area contributed by atoms with E-state index in [9.17, 15) is 9.59 Å². The predicted molar refractivity (Wildman–Crippen MR) is 102 cm³/mol. The molecular formula is C20H23ClN2O3. The van der Waals surface area contributed by atoms with Gasteiger partial charge in [0, 0.05) is 24.5 Å². The molecule has 0 saturated carbocycles. The summed E-state index contributed by atoms with van der Waals surface area (Å²) in [6.45, 7) is 2.03. The molecule has 0 saturated heterocycles. The molecule has 2 rings (SSSR count). The van der Waals surface area contributed by atoms with Gasteiger partial charge in [-0.05, 0) is 23.3 Å². The fourth-order valence-electron chi connectivity index (χ4n) is 2.70. The van der Waals surface area contributed by atoms with Crippen molar-refractivity contribution in [1.29, 1.82) is 0 Å². The van der Waals surface area contributed by atoms with Gasteiger partial charge in [-0.2, -0.15) is 0 Å². The highest BCUT2D eigenvalue weighted by molar-refractivity contribution is 6.30. The van der Waals surface area contributed by atoms with Gasteiger partial charge >= 0.3 is 0 Å². The number of nitrogens with zero attached hydrogens (tertiary/aromatic N) is 1. The molecule has 2 amide bonds. The zero-order chi connectivity index (χ0) is 18.9. The molecule has 26 heavy (non-hydrogen) atoms. The number of aliphatic hydroxyl groups excluding tert-OH is 1. The SMILES string of the molecule is CCC(=O)N(Cc1ccc(Cl)cc1)[C@@H](C(=O)NCCO)c1ccccc1. The van der Waals surface area contributed by atoms with Crippen LogP contribution in [0.15, 0.2) is 54.6 Å². The number of halogens is 1. The average molecular weight is 375 g/mol. The summed E-state index contributed by atoms with van der Waals surface area (Å²) in [5.74, 6) is -0.450. The van der Waals surface area contributed by atoms with Gasteiger partial charge in [-0.25, -0.2) is 0 Å². The molecule has 2 aromatic carbocycles. The van der Waals surface area contributed by atoms with Crippen LogP contribution in [0.2, 0.25) is 5.02 Å². The minimum absolute atomic E-state index is 0.132. The molecule has 0 aliphatic rings. The molecule has 0 heterocycles. The third-order valence-corrected chi connectivity index (χ3v) is 4.23. The molecule has 1 atom stereocenters. The Hall–Kier alpha value is -2.37. The van der Waals surface area contributed by atoms with Crippen molar-refractivity contribution in [3.05, 3.63) is 70.7 Å². The van der Waals surface area contributed by atoms with Gasteiger partial charge in [0.1, 0.15) is 6.04 Å². The van der Waals surface area contributed by atoms with E-state index < -0.39 is 6.04 Å². The largest absolute Gasteiger partial charge is 0.395 e. The van der Waals surface area contributed by atoms with Crippen LogP contribution in [0.25, 0.3) is 0 Å². The van der Waals surface area contributed by atoms with E-state index in [0.717, 1.165) is 11.1 Å². The number of rotatable bonds is 8. The topological polar surface area (TPSA) is 69.6 Å². The van der Waals surface area contributed by atoms with Gasteiger partial charge in [-0.1, -0.05) is 61.0 Å². The monoisotopic (exact) mass is 374 g/mol. The van der Waals surface area contributed by atoms with Crippen molar-refractivity contribution in [2.24, 2.45) is 0 Å². The Balaban J connectivity index is 2.38. The lowest BCUT2D eigenvalue weighted by molar-refractivity contribution is -0.141. The van der Waals surface area contributed by atoms with Crippen LogP contribution in [0, 0.1) is 0 Å². The molecule has 6 heteroatoms. The Kier molecular flexibility index (Phi) is 7.63. The van der Waals surface area contributed by atoms with E-state index in [0.29, 0.717) is 5.02 Å². The number of carbonyl (C=O) groups is 2. The first kappa shape index (κ1) is 19.9. The predicted octanol–water partition coefficient (Wildman–Crippen LogP) is 2.93. The summed E-state index contributed by atoms with van der Waals surface area (Å²) in [6.07, 6.45) is 0.282. The van der Waals surface area contributed by atoms with Crippen molar-refractivity contribution in [3.8, 4) is 0 Å². The molecule has 0 radical (unpaired) electrons. The summed E-state index contributed by atoms with van der Waals surface area (Å²) in [6, 6.07) is 15.6. The van der Waals surface area contributed by atoms with Crippen molar-refractivity contribution in [3.63, 3.8) is 0 Å². The summed E-state index contributed by atoms with van der Waals surface area (Å²) in [7, 11) is 0. The lowest BCUT2D eigenvalue weighted by Crippen LogP contribution is -2.43. The first-order valence-corrected chi connectivity index (χ1v) is 8.92. The Morgan fingerprint density at radius 3 is 2.35 bits per heavy atom. The molecular weight excluding hydrogens is 352 g/mol. The van der Waals surface area contributed by atoms with Gasteiger partial charge in [-0.15, -0.1) is 0 Å². The van der Waals surface area contributed by atoms with E-state index in [-0.39, 0.29) is 37.9 Å². The standard InChI is InChI=1S/C20H23ClN2O3/c1-2-18(25)23(14-15-8-10-17(21)11-9-15)19(20(26)22-12-13-24)16-6-4-3-5-7-16/h3-11,19,24H,2,12-14H2,1H3,(H,22,26)/t19-/m1/s1. The second-order valence-electron chi connectivity index (χ2n) is 5.83. The number of amides is 2. The molecule has 2 aromatic rings. The van der Waals surface area contributed by atoms with E-state index in [1.807, 2.05) is 42.5 Å². The zero-order valence-electron chi connectivity index (χ0n) is 14.7. The Morgan fingerprint density at radius 1 is 1.12 bits per heavy atom. The summed E-state index contributed by atoms with van der Waals surface area (Å²) in [5, 5.41) is 12.3. The number of hydrogen-bond acceptors (Lipinski definition) is 3. The molecule has 0 spiro atoms. The second kappa shape index (κ2) is 9.94. The molecule has 0 aromatic heterocycles. The third-order valence-electron chi connectivity index (χ3n) is 3.98. The molecule has 138 valence electrons. The van der Waals surface area contributed by atoms with Crippen LogP contribution in [-0.4, -0.2) is 35.0 Å². The molecule has 5 nitrogen and oxygen atoms in total. The molecule has 0 bridgehead atoms. The van der Waals surface area contributed by atoms with Crippen molar-refractivity contribution >= 4 is 23.4 Å². The van der Waals surface area contributed by atoms with Gasteiger partial charge in [-0.3, -0.25) is 9.59 Å². The van der Waals surface area contributed by atoms with Crippen molar-refractivity contribution in [2.75, 3.05) is 13.2 Å². The highest BCUT2D eigenvalue weighted by Gasteiger charge is 2.30. The normalized spacial score (nSPS) is 11.7. The summed E-state index contributed by atoms with van der Waals surface area (Å²) in [4.78, 5) is 27.0. The molecule has 0 aliphatic carbocycles. The average Bonchev–Trinajstić information content (AvgIpc) is 2.67. The van der Waals surface area contributed by atoms with Gasteiger partial charge < -0.3 is 15.3 Å². The van der Waals surface area contributed by atoms with Crippen LogP contribution in [0.3, 0.4) is 0 Å². The minimum Gasteiger partial charge on any atom is -0.395 e. The van der Waals surface area contributed by atoms with E-state index >= 15 is 0 Å². The van der Waals surface area contributed by atoms with Crippen molar-refractivity contribution < 1.29 is 14.7 Å². The summed E-state index contributed by atoms with van der Waals surface area (Å²) in [5.41, 5.74) is 1.60. The number of benzene rings is 2. The van der Waals surface area contributed by atoms with E-state index in [1.54, 1.807) is 24.0 Å². The molecule has 0 fully saturated rings. The van der Waals surface area contributed by atoms with Crippen molar-refractivity contribution in [1.82, 2.24) is 10.2 Å². The van der Waals surface area contributed by atoms with Gasteiger partial charge in [0.2, 0.25) is 11.8 Å². The smallest absolute Gasteiger partial charge is 0.247 e. The highest BCUT2D eigenvalue weighted by atomic mass is 35.5. The molecule has 2 N–H and O–H groups in total. The zero-order valence-corrected chi connectivity index (χ0v) is 15.4. The first-order chi connectivity index (χ1) is 12.6. The van der Waals surface area contributed by atoms with Crippen LogP contribution < -0.4 is 5.32 Å². The third kappa shape index (κ3) is 5.31. The minimum atomic E-state index is -0.772. The number of hydrogen-bond donors (Lipinski definition) is 2. The Bertz CT molecular complexity index is 720. The Morgan fingerprint density at radius 2 is 1.77 bits per heavy atom. The van der Waals surface area contributed by atoms with Crippen LogP contribution in [0.1, 0.15) is 30.5 Å². The van der Waals surface area contributed by atoms with E-state index in [1.165, 1.54) is 0 Å². The molecule has 0 unspecified atom stereocenters. The maximum Gasteiger partial charge on any atom is 0.247 e. The lowest BCUT2D eigenvalue weighted by atomic mass is 10.0. The van der Waals surface area contributed by atoms with Crippen LogP contribution in [0.5, 0.6) is 0 Å².